The molecule has 0 fully saturated rings. The number of nitrogens with one attached hydrogen (secondary N) is 1. The number of hydrogen-bond acceptors (Lipinski definition) is 5. The summed E-state index contributed by atoms with van der Waals surface area (Å²) in [5.74, 6) is 3.27. The number of anilines is 1. The van der Waals surface area contributed by atoms with Gasteiger partial charge in [-0.15, -0.1) is 5.10 Å². The van der Waals surface area contributed by atoms with Crippen LogP contribution in [0.25, 0.3) is 0 Å². The van der Waals surface area contributed by atoms with E-state index in [1.807, 2.05) is 0 Å². The monoisotopic (exact) mass is 168 g/mol. The molecule has 1 heterocycles. The van der Waals surface area contributed by atoms with Crippen LogP contribution in [-0.2, 0) is 6.18 Å². The van der Waals surface area contributed by atoms with Crippen LogP contribution in [0.15, 0.2) is 4.42 Å². The smallest absolute Gasteiger partial charge is 0.398 e. The molecule has 0 aliphatic heterocycles. The second-order valence-corrected chi connectivity index (χ2v) is 1.55. The fourth-order valence-corrected chi connectivity index (χ4v) is 0.396. The number of nitrogens with two attached hydrogens (primary N) is 1. The Kier molecular flexibility index (Phi) is 1.69. The van der Waals surface area contributed by atoms with Gasteiger partial charge >= 0.3 is 18.1 Å². The van der Waals surface area contributed by atoms with Crippen molar-refractivity contribution in [2.24, 2.45) is 5.84 Å². The summed E-state index contributed by atoms with van der Waals surface area (Å²) >= 11 is 0. The molecule has 8 heteroatoms. The van der Waals surface area contributed by atoms with Gasteiger partial charge in [0.15, 0.2) is 0 Å². The van der Waals surface area contributed by atoms with Gasteiger partial charge in [-0.2, -0.15) is 13.2 Å². The molecular formula is C3H3F3N4O. The molecule has 0 aliphatic carbocycles. The summed E-state index contributed by atoms with van der Waals surface area (Å²) in [4.78, 5) is 0. The summed E-state index contributed by atoms with van der Waals surface area (Å²) in [6, 6.07) is -0.475. The SMILES string of the molecule is NNc1nnc(C(F)(F)F)o1. The number of rotatable bonds is 1. The Morgan fingerprint density at radius 2 is 2.00 bits per heavy atom. The predicted molar refractivity (Wildman–Crippen MR) is 27.1 cm³/mol. The van der Waals surface area contributed by atoms with Crippen LogP contribution in [0, 0.1) is 0 Å². The Morgan fingerprint density at radius 3 is 2.27 bits per heavy atom. The lowest BCUT2D eigenvalue weighted by Crippen LogP contribution is -2.07. The number of nitrogens with zero attached hydrogens (tertiary/aromatic N) is 2. The van der Waals surface area contributed by atoms with Crippen molar-refractivity contribution < 1.29 is 17.6 Å². The summed E-state index contributed by atoms with van der Waals surface area (Å²) in [5, 5.41) is 5.60. The van der Waals surface area contributed by atoms with E-state index in [2.05, 4.69) is 14.6 Å². The first-order valence-corrected chi connectivity index (χ1v) is 2.41. The van der Waals surface area contributed by atoms with Crippen LogP contribution in [0.5, 0.6) is 0 Å². The van der Waals surface area contributed by atoms with E-state index >= 15 is 0 Å². The summed E-state index contributed by atoms with van der Waals surface area (Å²) in [6.45, 7) is 0. The summed E-state index contributed by atoms with van der Waals surface area (Å²) in [5.41, 5.74) is 1.78. The maximum Gasteiger partial charge on any atom is 0.470 e. The molecule has 3 N–H and O–H groups in total. The largest absolute Gasteiger partial charge is 0.470 e. The number of aromatic nitrogens is 2. The Hall–Kier alpha value is -1.31. The summed E-state index contributed by atoms with van der Waals surface area (Å²) in [6.07, 6.45) is -4.62. The Balaban J connectivity index is 2.89. The van der Waals surface area contributed by atoms with E-state index in [4.69, 9.17) is 5.84 Å². The lowest BCUT2D eigenvalue weighted by Gasteiger charge is -1.96. The van der Waals surface area contributed by atoms with Crippen molar-refractivity contribution in [3.8, 4) is 0 Å². The van der Waals surface area contributed by atoms with E-state index in [-0.39, 0.29) is 0 Å². The van der Waals surface area contributed by atoms with Crippen molar-refractivity contribution in [2.75, 3.05) is 5.43 Å². The highest BCUT2D eigenvalue weighted by Gasteiger charge is 2.38. The van der Waals surface area contributed by atoms with E-state index in [0.29, 0.717) is 0 Å². The number of hydrazine groups is 1. The molecule has 0 bridgehead atoms. The molecule has 5 nitrogen and oxygen atoms in total. The van der Waals surface area contributed by atoms with E-state index in [9.17, 15) is 13.2 Å². The van der Waals surface area contributed by atoms with Crippen LogP contribution in [0.1, 0.15) is 5.89 Å². The minimum absolute atomic E-state index is 0.475. The molecule has 62 valence electrons. The molecule has 0 atom stereocenters. The topological polar surface area (TPSA) is 77.0 Å². The van der Waals surface area contributed by atoms with Gasteiger partial charge in [-0.25, -0.2) is 5.84 Å². The number of alkyl halides is 3. The Labute approximate surface area is 58.4 Å². The zero-order valence-electron chi connectivity index (χ0n) is 5.01. The first kappa shape index (κ1) is 7.79. The van der Waals surface area contributed by atoms with E-state index in [1.165, 1.54) is 0 Å². The van der Waals surface area contributed by atoms with Gasteiger partial charge < -0.3 is 4.42 Å². The van der Waals surface area contributed by atoms with Crippen LogP contribution in [0.3, 0.4) is 0 Å². The van der Waals surface area contributed by atoms with Crippen molar-refractivity contribution in [1.29, 1.82) is 0 Å². The maximum atomic E-state index is 11.7. The van der Waals surface area contributed by atoms with Crippen molar-refractivity contribution in [3.05, 3.63) is 5.89 Å². The average molecular weight is 168 g/mol. The van der Waals surface area contributed by atoms with Crippen molar-refractivity contribution in [1.82, 2.24) is 10.2 Å². The van der Waals surface area contributed by atoms with Crippen LogP contribution in [-0.4, -0.2) is 10.2 Å². The van der Waals surface area contributed by atoms with Gasteiger partial charge in [-0.3, -0.25) is 5.43 Å². The fourth-order valence-electron chi connectivity index (χ4n) is 0.396. The first-order chi connectivity index (χ1) is 5.04. The van der Waals surface area contributed by atoms with Gasteiger partial charge in [0.1, 0.15) is 0 Å². The quantitative estimate of drug-likeness (QED) is 0.468. The van der Waals surface area contributed by atoms with Gasteiger partial charge in [0.05, 0.1) is 0 Å². The Bertz CT molecular complexity index is 243. The van der Waals surface area contributed by atoms with Gasteiger partial charge in [0, 0.05) is 0 Å². The van der Waals surface area contributed by atoms with Crippen LogP contribution in [0.2, 0.25) is 0 Å². The minimum Gasteiger partial charge on any atom is -0.398 e. The van der Waals surface area contributed by atoms with E-state index < -0.39 is 18.1 Å². The van der Waals surface area contributed by atoms with Crippen LogP contribution in [0.4, 0.5) is 19.2 Å². The standard InChI is InChI=1S/C3H3F3N4O/c4-3(5,6)1-9-10-2(8-7)11-1/h7H2,(H,8,10). The van der Waals surface area contributed by atoms with Crippen molar-refractivity contribution in [2.45, 2.75) is 6.18 Å². The number of nitrogen functional groups attached to an aromatic ring is 1. The minimum atomic E-state index is -4.62. The molecule has 0 saturated heterocycles. The van der Waals surface area contributed by atoms with Crippen LogP contribution >= 0.6 is 0 Å². The third-order valence-corrected chi connectivity index (χ3v) is 0.791. The number of hydrogen-bond donors (Lipinski definition) is 2. The normalized spacial score (nSPS) is 11.6. The average Bonchev–Trinajstić information content (AvgIpc) is 2.32. The third kappa shape index (κ3) is 1.58. The molecule has 1 aromatic heterocycles. The van der Waals surface area contributed by atoms with Crippen LogP contribution < -0.4 is 11.3 Å². The lowest BCUT2D eigenvalue weighted by molar-refractivity contribution is -0.156. The second-order valence-electron chi connectivity index (χ2n) is 1.55. The summed E-state index contributed by atoms with van der Waals surface area (Å²) in [7, 11) is 0. The predicted octanol–water partition coefficient (Wildman–Crippen LogP) is 0.374. The lowest BCUT2D eigenvalue weighted by atomic mass is 10.7. The molecule has 11 heavy (non-hydrogen) atoms. The molecule has 0 aliphatic rings. The van der Waals surface area contributed by atoms with Crippen molar-refractivity contribution >= 4 is 6.01 Å². The van der Waals surface area contributed by atoms with Gasteiger partial charge in [-0.1, -0.05) is 5.10 Å². The molecule has 1 rings (SSSR count). The highest BCUT2D eigenvalue weighted by atomic mass is 19.4. The summed E-state index contributed by atoms with van der Waals surface area (Å²) < 4.78 is 39.0. The molecule has 1 aromatic rings. The first-order valence-electron chi connectivity index (χ1n) is 2.41. The highest BCUT2D eigenvalue weighted by Crippen LogP contribution is 2.28. The van der Waals surface area contributed by atoms with E-state index in [1.54, 1.807) is 5.43 Å². The van der Waals surface area contributed by atoms with Gasteiger partial charge in [0.25, 0.3) is 0 Å². The molecule has 0 spiro atoms. The van der Waals surface area contributed by atoms with E-state index in [0.717, 1.165) is 0 Å². The van der Waals surface area contributed by atoms with Gasteiger partial charge in [-0.05, 0) is 0 Å². The molecular weight excluding hydrogens is 165 g/mol. The zero-order chi connectivity index (χ0) is 8.48. The molecule has 0 saturated carbocycles. The molecule has 0 radical (unpaired) electrons. The number of halogens is 3. The molecule has 0 amide bonds. The van der Waals surface area contributed by atoms with Crippen molar-refractivity contribution in [3.63, 3.8) is 0 Å². The zero-order valence-corrected chi connectivity index (χ0v) is 5.01. The van der Waals surface area contributed by atoms with Gasteiger partial charge in [0.2, 0.25) is 0 Å². The highest BCUT2D eigenvalue weighted by molar-refractivity contribution is 5.13. The fraction of sp³-hybridized carbons (Fsp3) is 0.333. The molecule has 0 aromatic carbocycles. The second kappa shape index (κ2) is 2.38. The Morgan fingerprint density at radius 1 is 1.36 bits per heavy atom. The third-order valence-electron chi connectivity index (χ3n) is 0.791. The maximum absolute atomic E-state index is 11.7. The molecule has 0 unspecified atom stereocenters.